The van der Waals surface area contributed by atoms with Gasteiger partial charge in [-0.2, -0.15) is 0 Å². The van der Waals surface area contributed by atoms with Crippen molar-refractivity contribution in [3.05, 3.63) is 23.2 Å². The zero-order chi connectivity index (χ0) is 13.0. The number of rotatable bonds is 2. The fraction of sp³-hybridized carbons (Fsp3) is 0.500. The number of hydrogen-bond donors (Lipinski definition) is 1. The minimum Gasteiger partial charge on any atom is -0.369 e. The Labute approximate surface area is 117 Å². The van der Waals surface area contributed by atoms with Crippen LogP contribution in [0, 0.1) is 0 Å². The molecule has 1 aromatic carbocycles. The van der Waals surface area contributed by atoms with Crippen LogP contribution in [-0.4, -0.2) is 33.6 Å². The molecule has 2 aliphatic rings. The van der Waals surface area contributed by atoms with Gasteiger partial charge in [-0.3, -0.25) is 4.90 Å². The number of fused-ring (bicyclic) bond motifs is 1. The number of aromatic nitrogens is 2. The molecule has 1 atom stereocenters. The molecule has 1 saturated heterocycles. The van der Waals surface area contributed by atoms with E-state index in [4.69, 9.17) is 17.3 Å². The maximum Gasteiger partial charge on any atom is 0.201 e. The average Bonchev–Trinajstić information content (AvgIpc) is 3.02. The summed E-state index contributed by atoms with van der Waals surface area (Å²) in [6.45, 7) is 2.24. The average molecular weight is 277 g/mol. The number of nitrogen functional groups attached to an aromatic ring is 1. The first-order valence-corrected chi connectivity index (χ1v) is 7.28. The number of nitrogens with zero attached hydrogens (tertiary/aromatic N) is 3. The highest BCUT2D eigenvalue weighted by Crippen LogP contribution is 2.37. The minimum atomic E-state index is 0.408. The molecule has 1 aliphatic heterocycles. The van der Waals surface area contributed by atoms with E-state index in [1.54, 1.807) is 0 Å². The summed E-state index contributed by atoms with van der Waals surface area (Å²) in [5, 5.41) is 0.742. The van der Waals surface area contributed by atoms with Crippen LogP contribution < -0.4 is 5.73 Å². The van der Waals surface area contributed by atoms with E-state index in [0.29, 0.717) is 12.0 Å². The first-order valence-electron chi connectivity index (χ1n) is 6.90. The summed E-state index contributed by atoms with van der Waals surface area (Å²) < 4.78 is 2.14. The first-order chi connectivity index (χ1) is 9.24. The summed E-state index contributed by atoms with van der Waals surface area (Å²) in [6.07, 6.45) is 3.85. The summed E-state index contributed by atoms with van der Waals surface area (Å²) in [5.41, 5.74) is 8.00. The van der Waals surface area contributed by atoms with Gasteiger partial charge in [-0.15, -0.1) is 0 Å². The van der Waals surface area contributed by atoms with Gasteiger partial charge in [0.1, 0.15) is 0 Å². The molecule has 5 heteroatoms. The molecule has 19 heavy (non-hydrogen) atoms. The Morgan fingerprint density at radius 3 is 2.84 bits per heavy atom. The third-order valence-corrected chi connectivity index (χ3v) is 4.62. The third-order valence-electron chi connectivity index (χ3n) is 4.31. The van der Waals surface area contributed by atoms with Crippen LogP contribution in [0.25, 0.3) is 11.0 Å². The summed E-state index contributed by atoms with van der Waals surface area (Å²) in [7, 11) is 0. The lowest BCUT2D eigenvalue weighted by molar-refractivity contribution is 0.315. The van der Waals surface area contributed by atoms with Gasteiger partial charge in [0, 0.05) is 19.1 Å². The van der Waals surface area contributed by atoms with Crippen LogP contribution in [0.3, 0.4) is 0 Å². The lowest BCUT2D eigenvalue weighted by Gasteiger charge is -2.17. The molecule has 1 unspecified atom stereocenters. The molecule has 0 radical (unpaired) electrons. The normalized spacial score (nSPS) is 24.4. The summed E-state index contributed by atoms with van der Waals surface area (Å²) in [5.74, 6) is 0.589. The second kappa shape index (κ2) is 4.12. The molecule has 4 nitrogen and oxygen atoms in total. The number of halogens is 1. The van der Waals surface area contributed by atoms with E-state index in [0.717, 1.165) is 35.1 Å². The molecular formula is C14H17ClN4. The number of para-hydroxylation sites is 1. The van der Waals surface area contributed by atoms with Gasteiger partial charge >= 0.3 is 0 Å². The van der Waals surface area contributed by atoms with Crippen LogP contribution in [0.4, 0.5) is 5.95 Å². The van der Waals surface area contributed by atoms with E-state index in [9.17, 15) is 0 Å². The fourth-order valence-electron chi connectivity index (χ4n) is 3.24. The number of anilines is 1. The Balaban J connectivity index is 1.76. The highest BCUT2D eigenvalue weighted by molar-refractivity contribution is 6.35. The molecule has 100 valence electrons. The Bertz CT molecular complexity index is 632. The van der Waals surface area contributed by atoms with E-state index >= 15 is 0 Å². The Morgan fingerprint density at radius 2 is 2.05 bits per heavy atom. The van der Waals surface area contributed by atoms with E-state index < -0.39 is 0 Å². The van der Waals surface area contributed by atoms with Gasteiger partial charge in [-0.05, 0) is 31.4 Å². The topological polar surface area (TPSA) is 47.1 Å². The van der Waals surface area contributed by atoms with Crippen molar-refractivity contribution in [3.8, 4) is 0 Å². The number of benzene rings is 1. The van der Waals surface area contributed by atoms with E-state index in [2.05, 4.69) is 14.5 Å². The first kappa shape index (κ1) is 11.6. The van der Waals surface area contributed by atoms with Crippen molar-refractivity contribution >= 4 is 28.6 Å². The van der Waals surface area contributed by atoms with Gasteiger partial charge in [0.15, 0.2) is 0 Å². The fourth-order valence-corrected chi connectivity index (χ4v) is 3.50. The summed E-state index contributed by atoms with van der Waals surface area (Å²) in [6, 6.07) is 7.03. The molecule has 4 rings (SSSR count). The van der Waals surface area contributed by atoms with Gasteiger partial charge < -0.3 is 10.3 Å². The molecule has 0 spiro atoms. The van der Waals surface area contributed by atoms with Gasteiger partial charge in [0.2, 0.25) is 5.95 Å². The number of likely N-dealkylation sites (tertiary alicyclic amines) is 1. The standard InChI is InChI=1S/C14H17ClN4/c15-11-2-1-3-12-13(11)19(14(16)17-12)10-6-7-18(8-10)9-4-5-9/h1-3,9-10H,4-8H2,(H2,16,17). The SMILES string of the molecule is Nc1nc2cccc(Cl)c2n1C1CCN(C2CC2)C1. The molecule has 1 saturated carbocycles. The lowest BCUT2D eigenvalue weighted by Crippen LogP contribution is -2.24. The summed E-state index contributed by atoms with van der Waals surface area (Å²) >= 11 is 6.34. The van der Waals surface area contributed by atoms with Crippen LogP contribution >= 0.6 is 11.6 Å². The number of hydrogen-bond acceptors (Lipinski definition) is 3. The van der Waals surface area contributed by atoms with Crippen LogP contribution in [0.5, 0.6) is 0 Å². The maximum atomic E-state index is 6.34. The van der Waals surface area contributed by atoms with Gasteiger partial charge in [-0.25, -0.2) is 4.98 Å². The predicted octanol–water partition coefficient (Wildman–Crippen LogP) is 2.68. The number of imidazole rings is 1. The minimum absolute atomic E-state index is 0.408. The van der Waals surface area contributed by atoms with Crippen molar-refractivity contribution in [1.82, 2.24) is 14.5 Å². The van der Waals surface area contributed by atoms with Crippen molar-refractivity contribution in [2.45, 2.75) is 31.3 Å². The van der Waals surface area contributed by atoms with E-state index in [-0.39, 0.29) is 0 Å². The molecule has 2 aromatic rings. The smallest absolute Gasteiger partial charge is 0.201 e. The highest BCUT2D eigenvalue weighted by Gasteiger charge is 2.36. The van der Waals surface area contributed by atoms with Crippen molar-refractivity contribution in [2.24, 2.45) is 0 Å². The molecule has 0 bridgehead atoms. The molecule has 2 N–H and O–H groups in total. The van der Waals surface area contributed by atoms with Crippen LogP contribution in [-0.2, 0) is 0 Å². The Morgan fingerprint density at radius 1 is 1.21 bits per heavy atom. The molecule has 0 amide bonds. The second-order valence-corrected chi connectivity index (χ2v) is 6.02. The zero-order valence-electron chi connectivity index (χ0n) is 10.7. The Hall–Kier alpha value is -1.26. The van der Waals surface area contributed by atoms with Gasteiger partial charge in [-0.1, -0.05) is 17.7 Å². The lowest BCUT2D eigenvalue weighted by atomic mass is 10.2. The van der Waals surface area contributed by atoms with Crippen LogP contribution in [0.1, 0.15) is 25.3 Å². The second-order valence-electron chi connectivity index (χ2n) is 5.62. The van der Waals surface area contributed by atoms with Crippen molar-refractivity contribution in [2.75, 3.05) is 18.8 Å². The predicted molar refractivity (Wildman–Crippen MR) is 77.4 cm³/mol. The quantitative estimate of drug-likeness (QED) is 0.917. The van der Waals surface area contributed by atoms with Gasteiger partial charge in [0.25, 0.3) is 0 Å². The maximum absolute atomic E-state index is 6.34. The third kappa shape index (κ3) is 1.82. The van der Waals surface area contributed by atoms with Crippen LogP contribution in [0.2, 0.25) is 5.02 Å². The molecule has 2 fully saturated rings. The van der Waals surface area contributed by atoms with Crippen molar-refractivity contribution in [1.29, 1.82) is 0 Å². The Kier molecular flexibility index (Phi) is 2.50. The zero-order valence-corrected chi connectivity index (χ0v) is 11.5. The van der Waals surface area contributed by atoms with E-state index in [1.807, 2.05) is 18.2 Å². The van der Waals surface area contributed by atoms with Crippen LogP contribution in [0.15, 0.2) is 18.2 Å². The highest BCUT2D eigenvalue weighted by atomic mass is 35.5. The molecule has 1 aliphatic carbocycles. The monoisotopic (exact) mass is 276 g/mol. The summed E-state index contributed by atoms with van der Waals surface area (Å²) in [4.78, 5) is 7.02. The largest absolute Gasteiger partial charge is 0.369 e. The molecular weight excluding hydrogens is 260 g/mol. The molecule has 2 heterocycles. The van der Waals surface area contributed by atoms with Crippen molar-refractivity contribution < 1.29 is 0 Å². The van der Waals surface area contributed by atoms with Gasteiger partial charge in [0.05, 0.1) is 22.1 Å². The molecule has 1 aromatic heterocycles. The number of nitrogens with two attached hydrogens (primary N) is 1. The van der Waals surface area contributed by atoms with E-state index in [1.165, 1.54) is 19.4 Å². The van der Waals surface area contributed by atoms with Crippen molar-refractivity contribution in [3.63, 3.8) is 0 Å².